The van der Waals surface area contributed by atoms with Crippen molar-refractivity contribution in [3.8, 4) is 5.75 Å². The van der Waals surface area contributed by atoms with Crippen LogP contribution in [-0.4, -0.2) is 108 Å². The Kier molecular flexibility index (Phi) is 12.6. The SMILES string of the molecule is [C-]#[N+]c1cc(Cl)cc(C(C)(C)c2ccc(OCc3ccnc(N4CCN(CC5CCN(C6CCN(CC(=O)OC(C)(C)C)CC6)CC5)CC4)n3)cc2)c1. The first kappa shape index (κ1) is 39.0. The molecule has 0 bridgehead atoms. The fourth-order valence-electron chi connectivity index (χ4n) is 7.90. The Balaban J connectivity index is 0.906. The zero-order chi connectivity index (χ0) is 37.6. The summed E-state index contributed by atoms with van der Waals surface area (Å²) in [4.78, 5) is 35.2. The average molecular weight is 742 g/mol. The van der Waals surface area contributed by atoms with Gasteiger partial charge in [0.2, 0.25) is 5.95 Å². The lowest BCUT2D eigenvalue weighted by molar-refractivity contribution is -0.156. The number of ether oxygens (including phenoxy) is 2. The molecule has 6 rings (SSSR count). The topological polar surface area (TPSA) is 78.6 Å². The number of benzene rings is 2. The van der Waals surface area contributed by atoms with E-state index in [-0.39, 0.29) is 11.4 Å². The van der Waals surface area contributed by atoms with Crippen LogP contribution in [0.3, 0.4) is 0 Å². The minimum Gasteiger partial charge on any atom is -0.487 e. The fraction of sp³-hybridized carbons (Fsp3) is 0.571. The van der Waals surface area contributed by atoms with E-state index in [1.54, 1.807) is 6.07 Å². The number of esters is 1. The van der Waals surface area contributed by atoms with Crippen molar-refractivity contribution in [2.24, 2.45) is 5.92 Å². The number of aromatic nitrogens is 2. The third-order valence-electron chi connectivity index (χ3n) is 11.1. The van der Waals surface area contributed by atoms with Crippen molar-refractivity contribution >= 4 is 29.2 Å². The van der Waals surface area contributed by atoms with Crippen molar-refractivity contribution < 1.29 is 14.3 Å². The van der Waals surface area contributed by atoms with Crippen LogP contribution in [0.4, 0.5) is 11.6 Å². The van der Waals surface area contributed by atoms with E-state index in [2.05, 4.69) is 55.4 Å². The number of piperidine rings is 2. The molecule has 0 spiro atoms. The van der Waals surface area contributed by atoms with E-state index in [0.717, 1.165) is 86.5 Å². The van der Waals surface area contributed by atoms with E-state index >= 15 is 0 Å². The molecule has 3 fully saturated rings. The van der Waals surface area contributed by atoms with Gasteiger partial charge in [0.1, 0.15) is 18.0 Å². The molecule has 11 heteroatoms. The quantitative estimate of drug-likeness (QED) is 0.150. The van der Waals surface area contributed by atoms with Crippen molar-refractivity contribution in [3.63, 3.8) is 0 Å². The summed E-state index contributed by atoms with van der Waals surface area (Å²) in [5.74, 6) is 2.18. The molecule has 10 nitrogen and oxygen atoms in total. The Labute approximate surface area is 321 Å². The number of carbonyl (C=O) groups excluding carboxylic acids is 1. The summed E-state index contributed by atoms with van der Waals surface area (Å²) >= 11 is 6.31. The molecule has 0 atom stereocenters. The molecular weight excluding hydrogens is 686 g/mol. The minimum atomic E-state index is -0.424. The van der Waals surface area contributed by atoms with Gasteiger partial charge in [0.15, 0.2) is 5.69 Å². The normalized spacial score (nSPS) is 18.8. The standard InChI is InChI=1S/C42H56ClN7O3/c1-41(2,3)53-39(51)29-47-17-14-37(15-18-47)49-19-12-31(13-20-49)28-48-21-23-50(24-22-48)40-45-16-11-35(46-40)30-52-38-9-7-32(8-10-38)42(4,5)33-25-34(43)27-36(26-33)44-6/h7-11,16,25-27,31,37H,12-15,17-24,28-30H2,1-5H3. The molecule has 0 amide bonds. The number of hydrogen-bond donors (Lipinski definition) is 0. The van der Waals surface area contributed by atoms with Gasteiger partial charge in [0.05, 0.1) is 18.8 Å². The molecule has 4 heterocycles. The van der Waals surface area contributed by atoms with E-state index in [4.69, 9.17) is 32.6 Å². The van der Waals surface area contributed by atoms with Crippen LogP contribution in [0.2, 0.25) is 5.02 Å². The maximum absolute atomic E-state index is 12.3. The van der Waals surface area contributed by atoms with Crippen LogP contribution in [0.25, 0.3) is 4.85 Å². The third kappa shape index (κ3) is 10.7. The minimum absolute atomic E-state index is 0.114. The Bertz CT molecular complexity index is 1710. The second-order valence-electron chi connectivity index (χ2n) is 16.5. The van der Waals surface area contributed by atoms with Crippen LogP contribution in [-0.2, 0) is 21.6 Å². The molecule has 3 aromatic rings. The predicted octanol–water partition coefficient (Wildman–Crippen LogP) is 7.23. The highest BCUT2D eigenvalue weighted by atomic mass is 35.5. The number of piperazine rings is 1. The van der Waals surface area contributed by atoms with Gasteiger partial charge in [0, 0.05) is 68.5 Å². The number of rotatable bonds is 11. The summed E-state index contributed by atoms with van der Waals surface area (Å²) in [5, 5.41) is 0.572. The van der Waals surface area contributed by atoms with Gasteiger partial charge in [-0.3, -0.25) is 14.6 Å². The highest BCUT2D eigenvalue weighted by molar-refractivity contribution is 6.31. The number of nitrogens with zero attached hydrogens (tertiary/aromatic N) is 7. The van der Waals surface area contributed by atoms with Crippen molar-refractivity contribution in [2.75, 3.05) is 70.3 Å². The van der Waals surface area contributed by atoms with Gasteiger partial charge >= 0.3 is 5.97 Å². The summed E-state index contributed by atoms with van der Waals surface area (Å²) in [5.41, 5.74) is 2.77. The van der Waals surface area contributed by atoms with Crippen molar-refractivity contribution in [3.05, 3.63) is 88.0 Å². The number of anilines is 1. The molecule has 0 aliphatic carbocycles. The maximum Gasteiger partial charge on any atom is 0.320 e. The van der Waals surface area contributed by atoms with Gasteiger partial charge in [0.25, 0.3) is 0 Å². The number of halogens is 1. The molecule has 2 aromatic carbocycles. The predicted molar refractivity (Wildman–Crippen MR) is 211 cm³/mol. The summed E-state index contributed by atoms with van der Waals surface area (Å²) in [6.07, 6.45) is 6.62. The lowest BCUT2D eigenvalue weighted by Crippen LogP contribution is -2.51. The highest BCUT2D eigenvalue weighted by Crippen LogP contribution is 2.36. The smallest absolute Gasteiger partial charge is 0.320 e. The monoisotopic (exact) mass is 741 g/mol. The van der Waals surface area contributed by atoms with E-state index in [1.807, 2.05) is 57.3 Å². The zero-order valence-corrected chi connectivity index (χ0v) is 32.9. The van der Waals surface area contributed by atoms with Crippen LogP contribution in [0.1, 0.15) is 77.1 Å². The van der Waals surface area contributed by atoms with Crippen LogP contribution < -0.4 is 9.64 Å². The van der Waals surface area contributed by atoms with Crippen molar-refractivity contribution in [1.29, 1.82) is 0 Å². The Morgan fingerprint density at radius 1 is 0.868 bits per heavy atom. The molecule has 0 N–H and O–H groups in total. The molecule has 3 aliphatic rings. The fourth-order valence-corrected chi connectivity index (χ4v) is 8.13. The van der Waals surface area contributed by atoms with E-state index in [1.165, 1.54) is 32.5 Å². The number of hydrogen-bond acceptors (Lipinski definition) is 9. The van der Waals surface area contributed by atoms with Crippen LogP contribution >= 0.6 is 11.6 Å². The van der Waals surface area contributed by atoms with Gasteiger partial charge in [-0.15, -0.1) is 0 Å². The molecule has 284 valence electrons. The Morgan fingerprint density at radius 3 is 2.23 bits per heavy atom. The Hall–Kier alpha value is -3.75. The highest BCUT2D eigenvalue weighted by Gasteiger charge is 2.31. The molecule has 3 saturated heterocycles. The second kappa shape index (κ2) is 17.2. The van der Waals surface area contributed by atoms with Gasteiger partial charge < -0.3 is 19.3 Å². The molecule has 0 saturated carbocycles. The molecule has 1 aromatic heterocycles. The molecule has 53 heavy (non-hydrogen) atoms. The summed E-state index contributed by atoms with van der Waals surface area (Å²) in [6.45, 7) is 27.6. The largest absolute Gasteiger partial charge is 0.487 e. The van der Waals surface area contributed by atoms with Gasteiger partial charge in [-0.1, -0.05) is 43.6 Å². The van der Waals surface area contributed by atoms with Gasteiger partial charge in [-0.25, -0.2) is 14.8 Å². The molecular formula is C42H56ClN7O3. The average Bonchev–Trinajstić information content (AvgIpc) is 3.14. The number of likely N-dealkylation sites (tertiary alicyclic amines) is 2. The molecule has 0 radical (unpaired) electrons. The summed E-state index contributed by atoms with van der Waals surface area (Å²) < 4.78 is 11.7. The van der Waals surface area contributed by atoms with Crippen molar-refractivity contribution in [1.82, 2.24) is 24.7 Å². The van der Waals surface area contributed by atoms with E-state index < -0.39 is 5.60 Å². The summed E-state index contributed by atoms with van der Waals surface area (Å²) in [6, 6.07) is 16.2. The first-order valence-electron chi connectivity index (χ1n) is 19.2. The molecule has 0 unspecified atom stereocenters. The first-order chi connectivity index (χ1) is 25.3. The zero-order valence-electron chi connectivity index (χ0n) is 32.2. The van der Waals surface area contributed by atoms with Gasteiger partial charge in [-0.05, 0) is 107 Å². The first-order valence-corrected chi connectivity index (χ1v) is 19.6. The van der Waals surface area contributed by atoms with E-state index in [0.29, 0.717) is 29.9 Å². The van der Waals surface area contributed by atoms with Crippen LogP contribution in [0.5, 0.6) is 5.75 Å². The number of carbonyl (C=O) groups is 1. The lowest BCUT2D eigenvalue weighted by Gasteiger charge is -2.43. The van der Waals surface area contributed by atoms with Gasteiger partial charge in [-0.2, -0.15) is 0 Å². The lowest BCUT2D eigenvalue weighted by atomic mass is 9.78. The second-order valence-corrected chi connectivity index (χ2v) is 16.9. The maximum atomic E-state index is 12.3. The third-order valence-corrected chi connectivity index (χ3v) is 11.3. The Morgan fingerprint density at radius 2 is 1.57 bits per heavy atom. The summed E-state index contributed by atoms with van der Waals surface area (Å²) in [7, 11) is 0. The van der Waals surface area contributed by atoms with Crippen LogP contribution in [0, 0.1) is 12.5 Å². The van der Waals surface area contributed by atoms with Crippen LogP contribution in [0.15, 0.2) is 54.7 Å². The molecule has 3 aliphatic heterocycles. The van der Waals surface area contributed by atoms with Crippen molar-refractivity contribution in [2.45, 2.75) is 84.0 Å². The van der Waals surface area contributed by atoms with E-state index in [9.17, 15) is 4.79 Å².